The number of hydrogen-bond acceptors (Lipinski definition) is 1. The lowest BCUT2D eigenvalue weighted by Crippen LogP contribution is -2.30. The van der Waals surface area contributed by atoms with Gasteiger partial charge >= 0.3 is 0 Å². The summed E-state index contributed by atoms with van der Waals surface area (Å²) in [6.07, 6.45) is 8.23. The van der Waals surface area contributed by atoms with Gasteiger partial charge in [0.15, 0.2) is 0 Å². The Labute approximate surface area is 119 Å². The van der Waals surface area contributed by atoms with Crippen LogP contribution in [0.5, 0.6) is 0 Å². The highest BCUT2D eigenvalue weighted by Crippen LogP contribution is 2.34. The zero-order valence-electron chi connectivity index (χ0n) is 11.3. The van der Waals surface area contributed by atoms with Gasteiger partial charge in [-0.05, 0) is 49.4 Å². The lowest BCUT2D eigenvalue weighted by molar-refractivity contribution is 0.272. The number of hydrogen-bond donors (Lipinski definition) is 1. The van der Waals surface area contributed by atoms with Crippen molar-refractivity contribution in [2.24, 2.45) is 5.92 Å². The Morgan fingerprint density at radius 3 is 2.44 bits per heavy atom. The fraction of sp³-hybridized carbons (Fsp3) is 0.625. The van der Waals surface area contributed by atoms with Crippen molar-refractivity contribution in [1.82, 2.24) is 5.32 Å². The lowest BCUT2D eigenvalue weighted by atomic mass is 9.81. The zero-order valence-corrected chi connectivity index (χ0v) is 12.9. The number of nitrogens with one attached hydrogen (secondary N) is 1. The third-order valence-electron chi connectivity index (χ3n) is 3.96. The van der Waals surface area contributed by atoms with Crippen molar-refractivity contribution >= 4 is 15.9 Å². The summed E-state index contributed by atoms with van der Waals surface area (Å²) >= 11 is 3.52. The molecule has 1 aromatic rings. The topological polar surface area (TPSA) is 12.0 Å². The van der Waals surface area contributed by atoms with E-state index in [9.17, 15) is 0 Å². The van der Waals surface area contributed by atoms with E-state index >= 15 is 0 Å². The minimum Gasteiger partial charge on any atom is -0.310 e. The second-order valence-electron chi connectivity index (χ2n) is 5.38. The SMILES string of the molecule is CCCNC(c1ccc(Br)cc1)C1CCCCC1. The Hall–Kier alpha value is -0.340. The van der Waals surface area contributed by atoms with Crippen LogP contribution in [0.2, 0.25) is 0 Å². The molecule has 1 fully saturated rings. The van der Waals surface area contributed by atoms with E-state index in [0.717, 1.165) is 12.5 Å². The van der Waals surface area contributed by atoms with E-state index in [4.69, 9.17) is 0 Å². The summed E-state index contributed by atoms with van der Waals surface area (Å²) in [5, 5.41) is 3.76. The van der Waals surface area contributed by atoms with Crippen molar-refractivity contribution in [3.63, 3.8) is 0 Å². The van der Waals surface area contributed by atoms with Gasteiger partial charge in [0.2, 0.25) is 0 Å². The van der Waals surface area contributed by atoms with Crippen LogP contribution in [0.25, 0.3) is 0 Å². The minimum absolute atomic E-state index is 0.554. The predicted molar refractivity (Wildman–Crippen MR) is 81.8 cm³/mol. The van der Waals surface area contributed by atoms with Crippen molar-refractivity contribution in [1.29, 1.82) is 0 Å². The van der Waals surface area contributed by atoms with Crippen LogP contribution in [0.1, 0.15) is 57.1 Å². The first-order valence-electron chi connectivity index (χ1n) is 7.30. The average Bonchev–Trinajstić information content (AvgIpc) is 2.42. The fourth-order valence-corrected chi connectivity index (χ4v) is 3.26. The summed E-state index contributed by atoms with van der Waals surface area (Å²) in [5.41, 5.74) is 1.46. The third kappa shape index (κ3) is 3.83. The quantitative estimate of drug-likeness (QED) is 0.800. The largest absolute Gasteiger partial charge is 0.310 e. The molecule has 0 spiro atoms. The molecule has 0 aliphatic heterocycles. The van der Waals surface area contributed by atoms with Gasteiger partial charge in [-0.15, -0.1) is 0 Å². The van der Waals surface area contributed by atoms with Gasteiger partial charge in [-0.2, -0.15) is 0 Å². The summed E-state index contributed by atoms with van der Waals surface area (Å²) in [6, 6.07) is 9.42. The molecule has 1 nitrogen and oxygen atoms in total. The maximum Gasteiger partial charge on any atom is 0.0348 e. The van der Waals surface area contributed by atoms with E-state index in [1.54, 1.807) is 0 Å². The lowest BCUT2D eigenvalue weighted by Gasteiger charge is -2.31. The van der Waals surface area contributed by atoms with Gasteiger partial charge in [-0.1, -0.05) is 54.2 Å². The van der Waals surface area contributed by atoms with Crippen LogP contribution in [-0.2, 0) is 0 Å². The van der Waals surface area contributed by atoms with Crippen LogP contribution in [0.3, 0.4) is 0 Å². The summed E-state index contributed by atoms with van der Waals surface area (Å²) in [7, 11) is 0. The molecule has 100 valence electrons. The van der Waals surface area contributed by atoms with Gasteiger partial charge in [0.25, 0.3) is 0 Å². The van der Waals surface area contributed by atoms with Gasteiger partial charge in [-0.25, -0.2) is 0 Å². The fourth-order valence-electron chi connectivity index (χ4n) is 2.99. The maximum absolute atomic E-state index is 3.76. The molecule has 0 aromatic heterocycles. The first-order valence-corrected chi connectivity index (χ1v) is 8.09. The van der Waals surface area contributed by atoms with E-state index in [0.29, 0.717) is 6.04 Å². The van der Waals surface area contributed by atoms with E-state index < -0.39 is 0 Å². The molecule has 0 heterocycles. The van der Waals surface area contributed by atoms with Gasteiger partial charge in [0, 0.05) is 10.5 Å². The Morgan fingerprint density at radius 2 is 1.83 bits per heavy atom. The standard InChI is InChI=1S/C16H24BrN/c1-2-12-18-16(13-6-4-3-5-7-13)14-8-10-15(17)11-9-14/h8-11,13,16,18H,2-7,12H2,1H3. The molecular formula is C16H24BrN. The molecule has 0 bridgehead atoms. The molecule has 0 radical (unpaired) electrons. The Kier molecular flexibility index (Phi) is 5.71. The molecule has 1 aliphatic carbocycles. The zero-order chi connectivity index (χ0) is 12.8. The van der Waals surface area contributed by atoms with Crippen LogP contribution >= 0.6 is 15.9 Å². The summed E-state index contributed by atoms with van der Waals surface area (Å²) in [5.74, 6) is 0.825. The van der Waals surface area contributed by atoms with Crippen LogP contribution in [-0.4, -0.2) is 6.54 Å². The first-order chi connectivity index (χ1) is 8.81. The van der Waals surface area contributed by atoms with Crippen molar-refractivity contribution < 1.29 is 0 Å². The highest BCUT2D eigenvalue weighted by molar-refractivity contribution is 9.10. The van der Waals surface area contributed by atoms with E-state index in [1.165, 1.54) is 48.6 Å². The average molecular weight is 310 g/mol. The van der Waals surface area contributed by atoms with E-state index in [2.05, 4.69) is 52.4 Å². The summed E-state index contributed by atoms with van der Waals surface area (Å²) in [4.78, 5) is 0. The molecule has 1 aromatic carbocycles. The highest BCUT2D eigenvalue weighted by atomic mass is 79.9. The Morgan fingerprint density at radius 1 is 1.17 bits per heavy atom. The Bertz CT molecular complexity index is 341. The molecule has 1 N–H and O–H groups in total. The van der Waals surface area contributed by atoms with E-state index in [1.807, 2.05) is 0 Å². The van der Waals surface area contributed by atoms with Crippen molar-refractivity contribution in [3.8, 4) is 0 Å². The van der Waals surface area contributed by atoms with Gasteiger partial charge in [0.05, 0.1) is 0 Å². The maximum atomic E-state index is 3.76. The van der Waals surface area contributed by atoms with Crippen LogP contribution in [0, 0.1) is 5.92 Å². The predicted octanol–water partition coefficient (Wildman–Crippen LogP) is 5.07. The van der Waals surface area contributed by atoms with Crippen molar-refractivity contribution in [3.05, 3.63) is 34.3 Å². The molecule has 1 aliphatic rings. The Balaban J connectivity index is 2.10. The molecule has 2 heteroatoms. The number of halogens is 1. The number of benzene rings is 1. The smallest absolute Gasteiger partial charge is 0.0348 e. The minimum atomic E-state index is 0.554. The monoisotopic (exact) mass is 309 g/mol. The molecule has 1 atom stereocenters. The third-order valence-corrected chi connectivity index (χ3v) is 4.49. The first kappa shape index (κ1) is 14.1. The molecule has 0 amide bonds. The normalized spacial score (nSPS) is 18.8. The summed E-state index contributed by atoms with van der Waals surface area (Å²) < 4.78 is 1.17. The van der Waals surface area contributed by atoms with Crippen molar-refractivity contribution in [2.45, 2.75) is 51.5 Å². The van der Waals surface area contributed by atoms with Crippen molar-refractivity contribution in [2.75, 3.05) is 6.54 Å². The second kappa shape index (κ2) is 7.30. The molecule has 0 saturated heterocycles. The second-order valence-corrected chi connectivity index (χ2v) is 6.30. The molecule has 1 saturated carbocycles. The number of rotatable bonds is 5. The van der Waals surface area contributed by atoms with Crippen LogP contribution in [0.4, 0.5) is 0 Å². The van der Waals surface area contributed by atoms with Gasteiger partial charge < -0.3 is 5.32 Å². The molecule has 2 rings (SSSR count). The highest BCUT2D eigenvalue weighted by Gasteiger charge is 2.24. The van der Waals surface area contributed by atoms with Gasteiger partial charge in [0.1, 0.15) is 0 Å². The molecule has 1 unspecified atom stereocenters. The van der Waals surface area contributed by atoms with Crippen LogP contribution in [0.15, 0.2) is 28.7 Å². The molecule has 18 heavy (non-hydrogen) atoms. The van der Waals surface area contributed by atoms with E-state index in [-0.39, 0.29) is 0 Å². The summed E-state index contributed by atoms with van der Waals surface area (Å²) in [6.45, 7) is 3.36. The van der Waals surface area contributed by atoms with Gasteiger partial charge in [-0.3, -0.25) is 0 Å². The molecular weight excluding hydrogens is 286 g/mol. The van der Waals surface area contributed by atoms with Crippen LogP contribution < -0.4 is 5.32 Å².